The molecular formula is C43H74N2O7. The number of ether oxygens (including phenoxy) is 4. The van der Waals surface area contributed by atoms with Gasteiger partial charge in [-0.2, -0.15) is 0 Å². The van der Waals surface area contributed by atoms with Crippen LogP contribution in [0.3, 0.4) is 0 Å². The van der Waals surface area contributed by atoms with E-state index in [2.05, 4.69) is 46.4 Å². The molecule has 2 saturated heterocycles. The summed E-state index contributed by atoms with van der Waals surface area (Å²) >= 11 is 0. The van der Waals surface area contributed by atoms with Crippen LogP contribution in [0.4, 0.5) is 0 Å². The first kappa shape index (κ1) is 39.4. The number of morpholine rings is 1. The molecule has 9 heteroatoms. The van der Waals surface area contributed by atoms with Crippen LogP contribution in [0, 0.1) is 50.7 Å². The van der Waals surface area contributed by atoms with Crippen molar-refractivity contribution < 1.29 is 34.0 Å². The van der Waals surface area contributed by atoms with E-state index < -0.39 is 11.7 Å². The van der Waals surface area contributed by atoms with E-state index in [0.717, 1.165) is 45.3 Å². The number of nitrogens with zero attached hydrogens (tertiary/aromatic N) is 2. The van der Waals surface area contributed by atoms with E-state index in [1.54, 1.807) is 7.11 Å². The van der Waals surface area contributed by atoms with Gasteiger partial charge in [0, 0.05) is 38.8 Å². The third-order valence-corrected chi connectivity index (χ3v) is 17.6. The SMILES string of the molecule is CCO[C@H](C(C[C@@H](C)[C@H]1C[C@H](O)[C@@]2(C)C3CC[C@H]4C(C)(C)[C@@H](O[C@H]5CN([C@H]6CCN(CC)C6=O)CCO5)CC[C@@]45CC35CC[C@]12C)OC)C(C)(C)O. The number of hydrogen-bond donors (Lipinski definition) is 2. The van der Waals surface area contributed by atoms with E-state index in [1.807, 2.05) is 25.7 Å². The summed E-state index contributed by atoms with van der Waals surface area (Å²) in [6.45, 7) is 24.3. The third-order valence-electron chi connectivity index (χ3n) is 17.6. The minimum atomic E-state index is -1.01. The smallest absolute Gasteiger partial charge is 0.239 e. The molecule has 7 fully saturated rings. The van der Waals surface area contributed by atoms with E-state index in [-0.39, 0.29) is 52.8 Å². The lowest BCUT2D eigenvalue weighted by atomic mass is 9.41. The van der Waals surface area contributed by atoms with Crippen molar-refractivity contribution in [3.05, 3.63) is 0 Å². The number of fused-ring (bicyclic) bond motifs is 2. The molecule has 1 amide bonds. The van der Waals surface area contributed by atoms with Crippen LogP contribution in [0.5, 0.6) is 0 Å². The summed E-state index contributed by atoms with van der Waals surface area (Å²) in [6, 6.07) is -0.0351. The van der Waals surface area contributed by atoms with E-state index in [4.69, 9.17) is 18.9 Å². The van der Waals surface area contributed by atoms with Crippen LogP contribution in [-0.4, -0.2) is 115 Å². The zero-order chi connectivity index (χ0) is 37.6. The monoisotopic (exact) mass is 731 g/mol. The Bertz CT molecular complexity index is 1320. The molecule has 0 aromatic carbocycles. The standard InChI is InChI=1S/C43H74N2O7/c1-11-44-20-16-29(37(44)47)45-21-22-51-35(25-45)52-34-15-17-42-26-43(42)19-18-40(8)28(27(3)23-30(49-10)36(50-12-2)39(6,7)48)24-33(46)41(40,9)32(43)14-13-31(42)38(34,4)5/h27-36,46,48H,11-26H2,1-10H3/t27-,28-,29+,30?,31+,32?,33+,34+,35+,36-,40-,41-,42-,43?/m1/s1. The number of aliphatic hydroxyl groups is 2. The van der Waals surface area contributed by atoms with Gasteiger partial charge in [0.25, 0.3) is 0 Å². The highest BCUT2D eigenvalue weighted by molar-refractivity contribution is 5.84. The Labute approximate surface area is 315 Å². The fourth-order valence-corrected chi connectivity index (χ4v) is 14.9. The summed E-state index contributed by atoms with van der Waals surface area (Å²) in [6.07, 6.45) is 9.87. The van der Waals surface area contributed by atoms with Gasteiger partial charge >= 0.3 is 0 Å². The van der Waals surface area contributed by atoms with Crippen LogP contribution in [-0.2, 0) is 23.7 Å². The summed E-state index contributed by atoms with van der Waals surface area (Å²) in [5, 5.41) is 23.3. The lowest BCUT2D eigenvalue weighted by Crippen LogP contribution is -2.60. The first-order chi connectivity index (χ1) is 24.4. The predicted octanol–water partition coefficient (Wildman–Crippen LogP) is 6.28. The molecule has 52 heavy (non-hydrogen) atoms. The maximum Gasteiger partial charge on any atom is 0.239 e. The van der Waals surface area contributed by atoms with Crippen LogP contribution in [0.1, 0.15) is 127 Å². The summed E-state index contributed by atoms with van der Waals surface area (Å²) < 4.78 is 25.3. The number of methoxy groups -OCH3 is 1. The van der Waals surface area contributed by atoms with Gasteiger partial charge in [-0.05, 0) is 137 Å². The number of hydrogen-bond acceptors (Lipinski definition) is 8. The minimum Gasteiger partial charge on any atom is -0.393 e. The Morgan fingerprint density at radius 3 is 2.37 bits per heavy atom. The molecule has 0 radical (unpaired) electrons. The van der Waals surface area contributed by atoms with Crippen LogP contribution < -0.4 is 0 Å². The van der Waals surface area contributed by atoms with Crippen LogP contribution in [0.2, 0.25) is 0 Å². The quantitative estimate of drug-likeness (QED) is 0.242. The molecule has 2 heterocycles. The van der Waals surface area contributed by atoms with Gasteiger partial charge in [0.05, 0.1) is 43.1 Å². The second-order valence-electron chi connectivity index (χ2n) is 20.2. The van der Waals surface area contributed by atoms with Crippen LogP contribution in [0.15, 0.2) is 0 Å². The van der Waals surface area contributed by atoms with Gasteiger partial charge < -0.3 is 34.1 Å². The number of likely N-dealkylation sites (tertiary alicyclic amines) is 1. The van der Waals surface area contributed by atoms with Gasteiger partial charge in [-0.15, -0.1) is 0 Å². The fourth-order valence-electron chi connectivity index (χ4n) is 14.9. The first-order valence-electron chi connectivity index (χ1n) is 21.3. The molecule has 2 aliphatic heterocycles. The second-order valence-corrected chi connectivity index (χ2v) is 20.2. The molecule has 14 atom stereocenters. The number of rotatable bonds is 12. The van der Waals surface area contributed by atoms with E-state index in [1.165, 1.54) is 38.5 Å². The normalized spacial score (nSPS) is 46.2. The van der Waals surface area contributed by atoms with Crippen LogP contribution >= 0.6 is 0 Å². The molecule has 0 bridgehead atoms. The van der Waals surface area contributed by atoms with E-state index in [0.29, 0.717) is 54.3 Å². The van der Waals surface area contributed by atoms with Crippen molar-refractivity contribution in [2.45, 2.75) is 169 Å². The molecule has 2 spiro atoms. The van der Waals surface area contributed by atoms with Crippen LogP contribution in [0.25, 0.3) is 0 Å². The van der Waals surface area contributed by atoms with Crippen molar-refractivity contribution in [3.63, 3.8) is 0 Å². The lowest BCUT2D eigenvalue weighted by Gasteiger charge is -2.64. The van der Waals surface area contributed by atoms with Crippen molar-refractivity contribution in [2.24, 2.45) is 50.7 Å². The predicted molar refractivity (Wildman–Crippen MR) is 201 cm³/mol. The van der Waals surface area contributed by atoms with Crippen molar-refractivity contribution >= 4 is 5.91 Å². The molecule has 3 unspecified atom stereocenters. The Kier molecular flexibility index (Phi) is 10.4. The molecule has 2 N–H and O–H groups in total. The number of aliphatic hydroxyl groups excluding tert-OH is 1. The van der Waals surface area contributed by atoms with Gasteiger partial charge in [0.1, 0.15) is 6.10 Å². The molecule has 0 aromatic heterocycles. The average Bonchev–Trinajstić information content (AvgIpc) is 3.53. The Morgan fingerprint density at radius 1 is 1.00 bits per heavy atom. The molecule has 7 aliphatic rings. The summed E-state index contributed by atoms with van der Waals surface area (Å²) in [7, 11) is 1.75. The summed E-state index contributed by atoms with van der Waals surface area (Å²) in [4.78, 5) is 17.3. The third kappa shape index (κ3) is 5.73. The summed E-state index contributed by atoms with van der Waals surface area (Å²) in [5.74, 6) is 2.12. The molecule has 7 rings (SSSR count). The first-order valence-corrected chi connectivity index (χ1v) is 21.3. The Balaban J connectivity index is 1.05. The highest BCUT2D eigenvalue weighted by atomic mass is 16.7. The average molecular weight is 731 g/mol. The molecule has 298 valence electrons. The zero-order valence-corrected chi connectivity index (χ0v) is 34.4. The fraction of sp³-hybridized carbons (Fsp3) is 0.977. The maximum atomic E-state index is 13.0. The highest BCUT2D eigenvalue weighted by Gasteiger charge is 2.83. The lowest BCUT2D eigenvalue weighted by molar-refractivity contribution is -0.250. The number of amides is 1. The highest BCUT2D eigenvalue weighted by Crippen LogP contribution is 2.89. The molecule has 9 nitrogen and oxygen atoms in total. The van der Waals surface area contributed by atoms with Gasteiger partial charge in [-0.3, -0.25) is 9.69 Å². The number of carbonyl (C=O) groups is 1. The van der Waals surface area contributed by atoms with Gasteiger partial charge in [0.15, 0.2) is 6.29 Å². The molecule has 5 saturated carbocycles. The molecular weight excluding hydrogens is 656 g/mol. The van der Waals surface area contributed by atoms with E-state index in [9.17, 15) is 15.0 Å². The summed E-state index contributed by atoms with van der Waals surface area (Å²) in [5.41, 5.74) is -0.409. The van der Waals surface area contributed by atoms with Gasteiger partial charge in [-0.1, -0.05) is 34.6 Å². The molecule has 0 aromatic rings. The Morgan fingerprint density at radius 2 is 1.71 bits per heavy atom. The molecule has 5 aliphatic carbocycles. The van der Waals surface area contributed by atoms with Gasteiger partial charge in [-0.25, -0.2) is 0 Å². The number of likely N-dealkylation sites (N-methyl/N-ethyl adjacent to an activating group) is 1. The minimum absolute atomic E-state index is 0.0281. The van der Waals surface area contributed by atoms with Crippen molar-refractivity contribution in [3.8, 4) is 0 Å². The zero-order valence-electron chi connectivity index (χ0n) is 34.4. The maximum absolute atomic E-state index is 13.0. The largest absolute Gasteiger partial charge is 0.393 e. The second kappa shape index (κ2) is 13.7. The van der Waals surface area contributed by atoms with Gasteiger partial charge in [0.2, 0.25) is 5.91 Å². The van der Waals surface area contributed by atoms with Crippen molar-refractivity contribution in [2.75, 3.05) is 46.5 Å². The number of carbonyl (C=O) groups excluding carboxylic acids is 1. The van der Waals surface area contributed by atoms with E-state index >= 15 is 0 Å². The van der Waals surface area contributed by atoms with Crippen molar-refractivity contribution in [1.29, 1.82) is 0 Å². The topological polar surface area (TPSA) is 101 Å². The Hall–Kier alpha value is -0.810. The van der Waals surface area contributed by atoms with Crippen molar-refractivity contribution in [1.82, 2.24) is 9.80 Å².